The third kappa shape index (κ3) is 7.25. The molecule has 154 valence electrons. The predicted molar refractivity (Wildman–Crippen MR) is 110 cm³/mol. The van der Waals surface area contributed by atoms with Gasteiger partial charge in [0.2, 0.25) is 0 Å². The molecule has 3 N–H and O–H groups in total. The SMILES string of the molecule is CCNC(=NCc1ccc(C)cc1OCCOCC)NCC(O)c1ccco1. The summed E-state index contributed by atoms with van der Waals surface area (Å²) in [4.78, 5) is 4.61. The Kier molecular flexibility index (Phi) is 9.37. The number of hydrogen-bond acceptors (Lipinski definition) is 5. The zero-order valence-electron chi connectivity index (χ0n) is 16.9. The van der Waals surface area contributed by atoms with Crippen LogP contribution in [0, 0.1) is 6.92 Å². The van der Waals surface area contributed by atoms with Crippen LogP contribution in [0.4, 0.5) is 0 Å². The molecule has 1 heterocycles. The van der Waals surface area contributed by atoms with Gasteiger partial charge < -0.3 is 29.6 Å². The van der Waals surface area contributed by atoms with E-state index in [0.29, 0.717) is 51.2 Å². The smallest absolute Gasteiger partial charge is 0.191 e. The summed E-state index contributed by atoms with van der Waals surface area (Å²) in [6, 6.07) is 9.58. The molecule has 1 atom stereocenters. The van der Waals surface area contributed by atoms with E-state index in [1.807, 2.05) is 39.0 Å². The van der Waals surface area contributed by atoms with E-state index in [0.717, 1.165) is 16.9 Å². The zero-order valence-corrected chi connectivity index (χ0v) is 16.9. The van der Waals surface area contributed by atoms with Crippen molar-refractivity contribution >= 4 is 5.96 Å². The number of aliphatic imine (C=N–C) groups is 1. The Morgan fingerprint density at radius 2 is 2.07 bits per heavy atom. The Hall–Kier alpha value is -2.51. The van der Waals surface area contributed by atoms with Crippen molar-refractivity contribution in [3.05, 3.63) is 53.5 Å². The van der Waals surface area contributed by atoms with E-state index < -0.39 is 6.10 Å². The molecule has 0 aliphatic rings. The second-order valence-corrected chi connectivity index (χ2v) is 6.26. The van der Waals surface area contributed by atoms with Crippen molar-refractivity contribution in [1.29, 1.82) is 0 Å². The fourth-order valence-corrected chi connectivity index (χ4v) is 2.56. The fraction of sp³-hybridized carbons (Fsp3) is 0.476. The maximum Gasteiger partial charge on any atom is 0.191 e. The zero-order chi connectivity index (χ0) is 20.2. The Morgan fingerprint density at radius 3 is 2.79 bits per heavy atom. The van der Waals surface area contributed by atoms with Gasteiger partial charge in [-0.25, -0.2) is 4.99 Å². The van der Waals surface area contributed by atoms with Crippen LogP contribution in [0.25, 0.3) is 0 Å². The number of rotatable bonds is 11. The molecule has 1 aromatic heterocycles. The summed E-state index contributed by atoms with van der Waals surface area (Å²) in [7, 11) is 0. The Balaban J connectivity index is 1.98. The predicted octanol–water partition coefficient (Wildman–Crippen LogP) is 2.79. The largest absolute Gasteiger partial charge is 0.491 e. The van der Waals surface area contributed by atoms with Gasteiger partial charge in [0, 0.05) is 18.7 Å². The van der Waals surface area contributed by atoms with E-state index in [4.69, 9.17) is 13.9 Å². The van der Waals surface area contributed by atoms with Gasteiger partial charge in [0.1, 0.15) is 24.2 Å². The number of nitrogens with one attached hydrogen (secondary N) is 2. The van der Waals surface area contributed by atoms with Gasteiger partial charge in [0.25, 0.3) is 0 Å². The van der Waals surface area contributed by atoms with Crippen molar-refractivity contribution in [3.8, 4) is 5.75 Å². The topological polar surface area (TPSA) is 88.3 Å². The van der Waals surface area contributed by atoms with Crippen LogP contribution >= 0.6 is 0 Å². The monoisotopic (exact) mass is 389 g/mol. The van der Waals surface area contributed by atoms with Crippen molar-refractivity contribution in [2.24, 2.45) is 4.99 Å². The summed E-state index contributed by atoms with van der Waals surface area (Å²) in [5.41, 5.74) is 2.12. The molecular weight excluding hydrogens is 358 g/mol. The first-order valence-electron chi connectivity index (χ1n) is 9.67. The summed E-state index contributed by atoms with van der Waals surface area (Å²) < 4.78 is 16.4. The highest BCUT2D eigenvalue weighted by Crippen LogP contribution is 2.21. The van der Waals surface area contributed by atoms with E-state index >= 15 is 0 Å². The molecule has 0 aliphatic heterocycles. The van der Waals surface area contributed by atoms with Crippen molar-refractivity contribution in [2.45, 2.75) is 33.4 Å². The standard InChI is InChI=1S/C21H31N3O4/c1-4-22-21(24-15-18(25)19-7-6-10-27-19)23-14-17-9-8-16(3)13-20(17)28-12-11-26-5-2/h6-10,13,18,25H,4-5,11-12,14-15H2,1-3H3,(H2,22,23,24). The van der Waals surface area contributed by atoms with Gasteiger partial charge in [-0.2, -0.15) is 0 Å². The number of guanidine groups is 1. The average Bonchev–Trinajstić information content (AvgIpc) is 3.23. The van der Waals surface area contributed by atoms with Crippen LogP contribution in [0.1, 0.15) is 36.8 Å². The van der Waals surface area contributed by atoms with Crippen LogP contribution in [0.15, 0.2) is 46.0 Å². The molecule has 1 unspecified atom stereocenters. The van der Waals surface area contributed by atoms with Crippen LogP contribution in [0.2, 0.25) is 0 Å². The number of hydrogen-bond donors (Lipinski definition) is 3. The lowest BCUT2D eigenvalue weighted by Gasteiger charge is -2.15. The van der Waals surface area contributed by atoms with Crippen LogP contribution in [-0.2, 0) is 11.3 Å². The maximum atomic E-state index is 10.2. The molecular formula is C21H31N3O4. The third-order valence-corrected chi connectivity index (χ3v) is 4.00. The molecule has 7 nitrogen and oxygen atoms in total. The van der Waals surface area contributed by atoms with Gasteiger partial charge in [-0.3, -0.25) is 0 Å². The van der Waals surface area contributed by atoms with Gasteiger partial charge in [-0.05, 0) is 44.5 Å². The minimum absolute atomic E-state index is 0.297. The van der Waals surface area contributed by atoms with Crippen molar-refractivity contribution in [2.75, 3.05) is 32.9 Å². The van der Waals surface area contributed by atoms with Crippen LogP contribution in [0.3, 0.4) is 0 Å². The molecule has 0 saturated carbocycles. The second kappa shape index (κ2) is 12.0. The number of aliphatic hydroxyl groups excluding tert-OH is 1. The van der Waals surface area contributed by atoms with E-state index in [2.05, 4.69) is 15.6 Å². The normalized spacial score (nSPS) is 12.6. The van der Waals surface area contributed by atoms with Crippen molar-refractivity contribution in [1.82, 2.24) is 10.6 Å². The first kappa shape index (κ1) is 21.8. The number of benzene rings is 1. The summed E-state index contributed by atoms with van der Waals surface area (Å²) in [5.74, 6) is 1.95. The lowest BCUT2D eigenvalue weighted by Crippen LogP contribution is -2.39. The second-order valence-electron chi connectivity index (χ2n) is 6.26. The number of aryl methyl sites for hydroxylation is 1. The van der Waals surface area contributed by atoms with Crippen molar-refractivity contribution in [3.63, 3.8) is 0 Å². The summed E-state index contributed by atoms with van der Waals surface area (Å²) in [6.45, 7) is 9.19. The highest BCUT2D eigenvalue weighted by molar-refractivity contribution is 5.79. The molecule has 0 amide bonds. The summed E-state index contributed by atoms with van der Waals surface area (Å²) in [5, 5.41) is 16.5. The Morgan fingerprint density at radius 1 is 1.21 bits per heavy atom. The average molecular weight is 389 g/mol. The number of nitrogens with zero attached hydrogens (tertiary/aromatic N) is 1. The molecule has 28 heavy (non-hydrogen) atoms. The van der Waals surface area contributed by atoms with Crippen LogP contribution in [0.5, 0.6) is 5.75 Å². The van der Waals surface area contributed by atoms with Crippen LogP contribution in [-0.4, -0.2) is 44.0 Å². The highest BCUT2D eigenvalue weighted by atomic mass is 16.5. The number of ether oxygens (including phenoxy) is 2. The van der Waals surface area contributed by atoms with E-state index in [9.17, 15) is 5.11 Å². The third-order valence-electron chi connectivity index (χ3n) is 4.00. The molecule has 7 heteroatoms. The maximum absolute atomic E-state index is 10.2. The quantitative estimate of drug-likeness (QED) is 0.311. The first-order chi connectivity index (χ1) is 13.6. The van der Waals surface area contributed by atoms with Gasteiger partial charge in [-0.15, -0.1) is 0 Å². The summed E-state index contributed by atoms with van der Waals surface area (Å²) >= 11 is 0. The summed E-state index contributed by atoms with van der Waals surface area (Å²) in [6.07, 6.45) is 0.804. The van der Waals surface area contributed by atoms with E-state index in [-0.39, 0.29) is 0 Å². The molecule has 0 spiro atoms. The molecule has 0 saturated heterocycles. The molecule has 2 rings (SSSR count). The molecule has 0 bridgehead atoms. The Bertz CT molecular complexity index is 716. The lowest BCUT2D eigenvalue weighted by molar-refractivity contribution is 0.110. The first-order valence-corrected chi connectivity index (χ1v) is 9.67. The molecule has 0 fully saturated rings. The number of furan rings is 1. The fourth-order valence-electron chi connectivity index (χ4n) is 2.56. The Labute approximate surface area is 166 Å². The van der Waals surface area contributed by atoms with Gasteiger partial charge in [0.15, 0.2) is 5.96 Å². The van der Waals surface area contributed by atoms with Crippen LogP contribution < -0.4 is 15.4 Å². The van der Waals surface area contributed by atoms with E-state index in [1.54, 1.807) is 18.4 Å². The minimum Gasteiger partial charge on any atom is -0.491 e. The highest BCUT2D eigenvalue weighted by Gasteiger charge is 2.11. The molecule has 2 aromatic rings. The molecule has 0 aliphatic carbocycles. The number of aliphatic hydroxyl groups is 1. The molecule has 0 radical (unpaired) electrons. The van der Waals surface area contributed by atoms with Gasteiger partial charge >= 0.3 is 0 Å². The molecule has 1 aromatic carbocycles. The van der Waals surface area contributed by atoms with Gasteiger partial charge in [-0.1, -0.05) is 12.1 Å². The van der Waals surface area contributed by atoms with E-state index in [1.165, 1.54) is 0 Å². The van der Waals surface area contributed by atoms with Gasteiger partial charge in [0.05, 0.1) is 26.0 Å². The van der Waals surface area contributed by atoms with Crippen molar-refractivity contribution < 1.29 is 19.0 Å². The minimum atomic E-state index is -0.740. The lowest BCUT2D eigenvalue weighted by atomic mass is 10.1.